The van der Waals surface area contributed by atoms with Gasteiger partial charge in [0.15, 0.2) is 5.58 Å². The monoisotopic (exact) mass is 319 g/mol. The van der Waals surface area contributed by atoms with Crippen LogP contribution in [0.1, 0.15) is 0 Å². The topological polar surface area (TPSA) is 53.6 Å². The maximum absolute atomic E-state index is 11.9. The van der Waals surface area contributed by atoms with Crippen LogP contribution in [0.15, 0.2) is 51.7 Å². The molecule has 1 aromatic heterocycles. The van der Waals surface area contributed by atoms with E-state index in [0.717, 1.165) is 5.75 Å². The minimum atomic E-state index is -0.421. The lowest BCUT2D eigenvalue weighted by atomic mass is 10.3. The molecule has 0 bridgehead atoms. The Hall–Kier alpha value is -2.40. The lowest BCUT2D eigenvalue weighted by molar-refractivity contribution is 0.293. The first kappa shape index (κ1) is 14.5. The molecule has 6 heteroatoms. The molecular weight excluding hydrogens is 306 g/mol. The molecule has 0 aliphatic rings. The molecule has 0 atom stereocenters. The van der Waals surface area contributed by atoms with Crippen molar-refractivity contribution < 1.29 is 13.9 Å². The van der Waals surface area contributed by atoms with E-state index in [0.29, 0.717) is 35.0 Å². The van der Waals surface area contributed by atoms with Crippen molar-refractivity contribution in [3.63, 3.8) is 0 Å². The van der Waals surface area contributed by atoms with Gasteiger partial charge in [0.25, 0.3) is 0 Å². The molecule has 0 radical (unpaired) electrons. The smallest absolute Gasteiger partial charge is 0.420 e. The van der Waals surface area contributed by atoms with Crippen LogP contribution in [0.3, 0.4) is 0 Å². The fraction of sp³-hybridized carbons (Fsp3) is 0.188. The van der Waals surface area contributed by atoms with Crippen molar-refractivity contribution in [2.75, 3.05) is 13.7 Å². The van der Waals surface area contributed by atoms with Gasteiger partial charge in [0.05, 0.1) is 19.2 Å². The summed E-state index contributed by atoms with van der Waals surface area (Å²) in [6.07, 6.45) is 0. The summed E-state index contributed by atoms with van der Waals surface area (Å²) in [7, 11) is 1.61. The number of oxazole rings is 1. The van der Waals surface area contributed by atoms with Crippen LogP contribution in [0.25, 0.3) is 11.1 Å². The maximum Gasteiger partial charge on any atom is 0.420 e. The van der Waals surface area contributed by atoms with Crippen LogP contribution in [0.4, 0.5) is 0 Å². The summed E-state index contributed by atoms with van der Waals surface area (Å²) in [6, 6.07) is 12.4. The molecule has 5 nitrogen and oxygen atoms in total. The van der Waals surface area contributed by atoms with Crippen molar-refractivity contribution in [2.24, 2.45) is 0 Å². The zero-order valence-electron chi connectivity index (χ0n) is 11.9. The van der Waals surface area contributed by atoms with E-state index in [2.05, 4.69) is 0 Å². The van der Waals surface area contributed by atoms with Crippen molar-refractivity contribution >= 4 is 22.7 Å². The van der Waals surface area contributed by atoms with Gasteiger partial charge >= 0.3 is 5.76 Å². The largest absolute Gasteiger partial charge is 0.497 e. The lowest BCUT2D eigenvalue weighted by Crippen LogP contribution is -2.18. The van der Waals surface area contributed by atoms with Gasteiger partial charge in [-0.25, -0.2) is 4.79 Å². The Morgan fingerprint density at radius 1 is 1.14 bits per heavy atom. The van der Waals surface area contributed by atoms with Gasteiger partial charge in [0.1, 0.15) is 18.1 Å². The Kier molecular flexibility index (Phi) is 4.06. The zero-order valence-corrected chi connectivity index (χ0v) is 12.7. The number of fused-ring (bicyclic) bond motifs is 1. The third kappa shape index (κ3) is 2.94. The number of methoxy groups -OCH3 is 1. The quantitative estimate of drug-likeness (QED) is 0.724. The van der Waals surface area contributed by atoms with Crippen LogP contribution in [0.5, 0.6) is 11.5 Å². The predicted octanol–water partition coefficient (Wildman–Crippen LogP) is 3.34. The Bertz CT molecular complexity index is 835. The number of aromatic nitrogens is 1. The summed E-state index contributed by atoms with van der Waals surface area (Å²) < 4.78 is 17.4. The maximum atomic E-state index is 11.9. The van der Waals surface area contributed by atoms with Gasteiger partial charge in [-0.1, -0.05) is 11.6 Å². The van der Waals surface area contributed by atoms with Crippen LogP contribution < -0.4 is 15.2 Å². The fourth-order valence-electron chi connectivity index (χ4n) is 2.18. The molecule has 0 saturated carbocycles. The standard InChI is InChI=1S/C16H14ClNO4/c1-20-12-3-5-13(6-4-12)21-9-8-18-14-7-2-11(17)10-15(14)22-16(18)19/h2-7,10H,8-9H2,1H3. The SMILES string of the molecule is COc1ccc(OCCn2c(=O)oc3cc(Cl)ccc32)cc1. The Morgan fingerprint density at radius 3 is 2.59 bits per heavy atom. The molecule has 0 aliphatic heterocycles. The average Bonchev–Trinajstić information content (AvgIpc) is 2.83. The van der Waals surface area contributed by atoms with Crippen molar-refractivity contribution in [3.8, 4) is 11.5 Å². The third-order valence-electron chi connectivity index (χ3n) is 3.27. The summed E-state index contributed by atoms with van der Waals surface area (Å²) >= 11 is 5.88. The molecule has 0 fully saturated rings. The minimum absolute atomic E-state index is 0.351. The zero-order chi connectivity index (χ0) is 15.5. The van der Waals surface area contributed by atoms with E-state index in [1.165, 1.54) is 4.57 Å². The molecule has 0 spiro atoms. The van der Waals surface area contributed by atoms with E-state index >= 15 is 0 Å². The van der Waals surface area contributed by atoms with Crippen LogP contribution in [-0.4, -0.2) is 18.3 Å². The van der Waals surface area contributed by atoms with Crippen LogP contribution in [0.2, 0.25) is 5.02 Å². The van der Waals surface area contributed by atoms with Gasteiger partial charge in [-0.3, -0.25) is 4.57 Å². The van der Waals surface area contributed by atoms with E-state index in [-0.39, 0.29) is 0 Å². The second-order valence-electron chi connectivity index (χ2n) is 4.66. The number of benzene rings is 2. The van der Waals surface area contributed by atoms with Crippen LogP contribution in [-0.2, 0) is 6.54 Å². The first-order valence-electron chi connectivity index (χ1n) is 6.73. The number of halogens is 1. The summed E-state index contributed by atoms with van der Waals surface area (Å²) in [5.41, 5.74) is 1.18. The average molecular weight is 320 g/mol. The van der Waals surface area contributed by atoms with Crippen molar-refractivity contribution in [1.29, 1.82) is 0 Å². The van der Waals surface area contributed by atoms with E-state index < -0.39 is 5.76 Å². The van der Waals surface area contributed by atoms with E-state index in [4.69, 9.17) is 25.5 Å². The van der Waals surface area contributed by atoms with Gasteiger partial charge in [0.2, 0.25) is 0 Å². The van der Waals surface area contributed by atoms with Crippen molar-refractivity contribution in [3.05, 3.63) is 58.0 Å². The molecule has 3 rings (SSSR count). The van der Waals surface area contributed by atoms with Crippen molar-refractivity contribution in [2.45, 2.75) is 6.54 Å². The first-order valence-corrected chi connectivity index (χ1v) is 7.11. The minimum Gasteiger partial charge on any atom is -0.497 e. The third-order valence-corrected chi connectivity index (χ3v) is 3.51. The first-order chi connectivity index (χ1) is 10.7. The Morgan fingerprint density at radius 2 is 1.86 bits per heavy atom. The number of rotatable bonds is 5. The molecule has 2 aromatic carbocycles. The van der Waals surface area contributed by atoms with E-state index in [1.54, 1.807) is 25.3 Å². The van der Waals surface area contributed by atoms with E-state index in [1.807, 2.05) is 24.3 Å². The summed E-state index contributed by atoms with van der Waals surface area (Å²) in [6.45, 7) is 0.739. The highest BCUT2D eigenvalue weighted by molar-refractivity contribution is 6.31. The highest BCUT2D eigenvalue weighted by Gasteiger charge is 2.09. The second kappa shape index (κ2) is 6.15. The summed E-state index contributed by atoms with van der Waals surface area (Å²) in [5, 5.41) is 0.530. The molecule has 3 aromatic rings. The predicted molar refractivity (Wildman–Crippen MR) is 84.0 cm³/mol. The molecule has 114 valence electrons. The molecule has 22 heavy (non-hydrogen) atoms. The molecular formula is C16H14ClNO4. The summed E-state index contributed by atoms with van der Waals surface area (Å²) in [5.74, 6) is 1.06. The van der Waals surface area contributed by atoms with Gasteiger partial charge in [-0.15, -0.1) is 0 Å². The number of ether oxygens (including phenoxy) is 2. The Labute approximate surface area is 131 Å². The fourth-order valence-corrected chi connectivity index (χ4v) is 2.34. The molecule has 0 amide bonds. The molecule has 0 N–H and O–H groups in total. The van der Waals surface area contributed by atoms with Crippen LogP contribution in [0, 0.1) is 0 Å². The lowest BCUT2D eigenvalue weighted by Gasteiger charge is -2.07. The summed E-state index contributed by atoms with van der Waals surface area (Å²) in [4.78, 5) is 11.9. The normalized spacial score (nSPS) is 10.8. The highest BCUT2D eigenvalue weighted by Crippen LogP contribution is 2.19. The molecule has 0 saturated heterocycles. The van der Waals surface area contributed by atoms with E-state index in [9.17, 15) is 4.79 Å². The van der Waals surface area contributed by atoms with Gasteiger partial charge in [0, 0.05) is 11.1 Å². The Balaban J connectivity index is 1.71. The molecule has 0 aliphatic carbocycles. The highest BCUT2D eigenvalue weighted by atomic mass is 35.5. The van der Waals surface area contributed by atoms with Gasteiger partial charge in [-0.2, -0.15) is 0 Å². The van der Waals surface area contributed by atoms with Gasteiger partial charge < -0.3 is 13.9 Å². The second-order valence-corrected chi connectivity index (χ2v) is 5.09. The molecule has 0 unspecified atom stereocenters. The number of hydrogen-bond donors (Lipinski definition) is 0. The number of nitrogens with zero attached hydrogens (tertiary/aromatic N) is 1. The van der Waals surface area contributed by atoms with Gasteiger partial charge in [-0.05, 0) is 36.4 Å². The number of hydrogen-bond acceptors (Lipinski definition) is 4. The van der Waals surface area contributed by atoms with Crippen LogP contribution >= 0.6 is 11.6 Å². The molecule has 1 heterocycles. The van der Waals surface area contributed by atoms with Crippen molar-refractivity contribution in [1.82, 2.24) is 4.57 Å².